The molecule has 3 aromatic rings. The monoisotopic (exact) mass is 312 g/mol. The molecule has 0 fully saturated rings. The van der Waals surface area contributed by atoms with Crippen LogP contribution in [0.25, 0.3) is 11.2 Å². The first-order chi connectivity index (χ1) is 11.0. The predicted octanol–water partition coefficient (Wildman–Crippen LogP) is 0.781. The molecule has 0 spiro atoms. The second-order valence-corrected chi connectivity index (χ2v) is 5.43. The lowest BCUT2D eigenvalue weighted by molar-refractivity contribution is -0.116. The zero-order valence-corrected chi connectivity index (χ0v) is 13.1. The summed E-state index contributed by atoms with van der Waals surface area (Å²) in [5.74, 6) is -0.300. The van der Waals surface area contributed by atoms with Gasteiger partial charge in [-0.1, -0.05) is 17.3 Å². The van der Waals surface area contributed by atoms with Gasteiger partial charge in [0.15, 0.2) is 11.2 Å². The van der Waals surface area contributed by atoms with E-state index in [-0.39, 0.29) is 23.5 Å². The van der Waals surface area contributed by atoms with Crippen LogP contribution in [0.1, 0.15) is 11.1 Å². The molecule has 8 nitrogen and oxygen atoms in total. The van der Waals surface area contributed by atoms with E-state index >= 15 is 0 Å². The SMILES string of the molecule is Cc1ccc(C)c(NC(=O)Cn2cnc3c(nnn3C)c2=O)c1. The Morgan fingerprint density at radius 2 is 2.09 bits per heavy atom. The Labute approximate surface area is 131 Å². The van der Waals surface area contributed by atoms with Crippen molar-refractivity contribution >= 4 is 22.8 Å². The summed E-state index contributed by atoms with van der Waals surface area (Å²) in [6.07, 6.45) is 1.33. The van der Waals surface area contributed by atoms with Crippen LogP contribution in [-0.4, -0.2) is 30.5 Å². The summed E-state index contributed by atoms with van der Waals surface area (Å²) in [4.78, 5) is 28.6. The average molecular weight is 312 g/mol. The number of carbonyl (C=O) groups excluding carboxylic acids is 1. The summed E-state index contributed by atoms with van der Waals surface area (Å²) in [5.41, 5.74) is 2.89. The highest BCUT2D eigenvalue weighted by molar-refractivity contribution is 5.91. The lowest BCUT2D eigenvalue weighted by Gasteiger charge is -2.10. The van der Waals surface area contributed by atoms with Gasteiger partial charge in [0.2, 0.25) is 5.91 Å². The zero-order valence-electron chi connectivity index (χ0n) is 13.1. The fourth-order valence-corrected chi connectivity index (χ4v) is 2.28. The van der Waals surface area contributed by atoms with E-state index in [4.69, 9.17) is 0 Å². The van der Waals surface area contributed by atoms with Gasteiger partial charge in [-0.15, -0.1) is 5.10 Å². The number of aryl methyl sites for hydroxylation is 3. The molecule has 0 atom stereocenters. The fraction of sp³-hybridized carbons (Fsp3) is 0.267. The van der Waals surface area contributed by atoms with Crippen molar-refractivity contribution in [2.24, 2.45) is 7.05 Å². The molecule has 1 N–H and O–H groups in total. The molecule has 0 saturated heterocycles. The Morgan fingerprint density at radius 1 is 1.30 bits per heavy atom. The first-order valence-electron chi connectivity index (χ1n) is 7.07. The molecule has 0 unspecified atom stereocenters. The topological polar surface area (TPSA) is 94.7 Å². The van der Waals surface area contributed by atoms with E-state index in [2.05, 4.69) is 20.6 Å². The Morgan fingerprint density at radius 3 is 2.87 bits per heavy atom. The smallest absolute Gasteiger partial charge is 0.283 e. The molecule has 1 amide bonds. The molecular weight excluding hydrogens is 296 g/mol. The summed E-state index contributed by atoms with van der Waals surface area (Å²) in [6, 6.07) is 5.80. The van der Waals surface area contributed by atoms with Crippen molar-refractivity contribution in [1.29, 1.82) is 0 Å². The van der Waals surface area contributed by atoms with E-state index in [1.165, 1.54) is 15.6 Å². The van der Waals surface area contributed by atoms with Gasteiger partial charge in [0.05, 0.1) is 0 Å². The number of anilines is 1. The highest BCUT2D eigenvalue weighted by atomic mass is 16.2. The average Bonchev–Trinajstić information content (AvgIpc) is 2.88. The fourth-order valence-electron chi connectivity index (χ4n) is 2.28. The minimum Gasteiger partial charge on any atom is -0.324 e. The second kappa shape index (κ2) is 5.64. The maximum Gasteiger partial charge on any atom is 0.283 e. The Balaban J connectivity index is 1.84. The van der Waals surface area contributed by atoms with Crippen LogP contribution in [0.4, 0.5) is 5.69 Å². The third-order valence-electron chi connectivity index (χ3n) is 3.56. The Bertz CT molecular complexity index is 956. The predicted molar refractivity (Wildman–Crippen MR) is 85.1 cm³/mol. The maximum absolute atomic E-state index is 12.3. The van der Waals surface area contributed by atoms with Crippen LogP contribution >= 0.6 is 0 Å². The number of hydrogen-bond donors (Lipinski definition) is 1. The van der Waals surface area contributed by atoms with Crippen molar-refractivity contribution < 1.29 is 4.79 Å². The minimum atomic E-state index is -0.390. The summed E-state index contributed by atoms with van der Waals surface area (Å²) >= 11 is 0. The molecule has 0 aliphatic rings. The quantitative estimate of drug-likeness (QED) is 0.771. The molecule has 0 bridgehead atoms. The van der Waals surface area contributed by atoms with Crippen LogP contribution < -0.4 is 10.9 Å². The lowest BCUT2D eigenvalue weighted by Crippen LogP contribution is -2.28. The molecule has 1 aromatic carbocycles. The summed E-state index contributed by atoms with van der Waals surface area (Å²) in [5, 5.41) is 10.3. The molecule has 23 heavy (non-hydrogen) atoms. The van der Waals surface area contributed by atoms with Gasteiger partial charge in [-0.25, -0.2) is 9.67 Å². The van der Waals surface area contributed by atoms with Gasteiger partial charge in [-0.3, -0.25) is 14.2 Å². The number of benzene rings is 1. The molecule has 2 heterocycles. The highest BCUT2D eigenvalue weighted by Crippen LogP contribution is 2.16. The van der Waals surface area contributed by atoms with Gasteiger partial charge in [-0.2, -0.15) is 0 Å². The van der Waals surface area contributed by atoms with Gasteiger partial charge < -0.3 is 5.32 Å². The van der Waals surface area contributed by atoms with Crippen molar-refractivity contribution in [2.45, 2.75) is 20.4 Å². The Kier molecular flexibility index (Phi) is 3.65. The van der Waals surface area contributed by atoms with E-state index in [1.54, 1.807) is 7.05 Å². The molecular formula is C15H16N6O2. The van der Waals surface area contributed by atoms with Crippen LogP contribution in [0, 0.1) is 13.8 Å². The molecule has 118 valence electrons. The number of rotatable bonds is 3. The third kappa shape index (κ3) is 2.83. The first kappa shape index (κ1) is 14.9. The maximum atomic E-state index is 12.3. The van der Waals surface area contributed by atoms with E-state index in [0.717, 1.165) is 16.8 Å². The van der Waals surface area contributed by atoms with Crippen molar-refractivity contribution in [3.05, 3.63) is 46.0 Å². The zero-order chi connectivity index (χ0) is 16.6. The number of carbonyl (C=O) groups is 1. The molecule has 3 rings (SSSR count). The van der Waals surface area contributed by atoms with Crippen LogP contribution in [0.3, 0.4) is 0 Å². The van der Waals surface area contributed by atoms with Gasteiger partial charge in [0.25, 0.3) is 5.56 Å². The van der Waals surface area contributed by atoms with Crippen molar-refractivity contribution in [1.82, 2.24) is 24.5 Å². The highest BCUT2D eigenvalue weighted by Gasteiger charge is 2.12. The van der Waals surface area contributed by atoms with Crippen molar-refractivity contribution in [3.8, 4) is 0 Å². The van der Waals surface area contributed by atoms with E-state index < -0.39 is 0 Å². The number of nitrogens with zero attached hydrogens (tertiary/aromatic N) is 5. The van der Waals surface area contributed by atoms with Crippen LogP contribution in [0.2, 0.25) is 0 Å². The summed E-state index contributed by atoms with van der Waals surface area (Å²) in [7, 11) is 1.65. The van der Waals surface area contributed by atoms with E-state index in [0.29, 0.717) is 5.65 Å². The van der Waals surface area contributed by atoms with Gasteiger partial charge in [-0.05, 0) is 31.0 Å². The largest absolute Gasteiger partial charge is 0.324 e. The van der Waals surface area contributed by atoms with Crippen molar-refractivity contribution in [3.63, 3.8) is 0 Å². The molecule has 0 radical (unpaired) electrons. The number of hydrogen-bond acceptors (Lipinski definition) is 5. The van der Waals surface area contributed by atoms with Crippen LogP contribution in [0.5, 0.6) is 0 Å². The third-order valence-corrected chi connectivity index (χ3v) is 3.56. The second-order valence-electron chi connectivity index (χ2n) is 5.43. The number of amides is 1. The number of fused-ring (bicyclic) bond motifs is 1. The number of aromatic nitrogens is 5. The van der Waals surface area contributed by atoms with Crippen LogP contribution in [-0.2, 0) is 18.4 Å². The minimum absolute atomic E-state index is 0.133. The standard InChI is InChI=1S/C15H16N6O2/c1-9-4-5-10(2)11(6-9)17-12(22)7-21-8-16-14-13(15(21)23)18-19-20(14)3/h4-6,8H,7H2,1-3H3,(H,17,22). The van der Waals surface area contributed by atoms with Gasteiger partial charge >= 0.3 is 0 Å². The van der Waals surface area contributed by atoms with Crippen molar-refractivity contribution in [2.75, 3.05) is 5.32 Å². The van der Waals surface area contributed by atoms with Gasteiger partial charge in [0.1, 0.15) is 12.9 Å². The van der Waals surface area contributed by atoms with Gasteiger partial charge in [0, 0.05) is 12.7 Å². The van der Waals surface area contributed by atoms with E-state index in [1.807, 2.05) is 32.0 Å². The Hall–Kier alpha value is -3.03. The molecule has 8 heteroatoms. The number of nitrogens with one attached hydrogen (secondary N) is 1. The van der Waals surface area contributed by atoms with E-state index in [9.17, 15) is 9.59 Å². The summed E-state index contributed by atoms with van der Waals surface area (Å²) in [6.45, 7) is 3.73. The molecule has 0 saturated carbocycles. The van der Waals surface area contributed by atoms with Crippen LogP contribution in [0.15, 0.2) is 29.3 Å². The first-order valence-corrected chi connectivity index (χ1v) is 7.07. The lowest BCUT2D eigenvalue weighted by atomic mass is 10.1. The molecule has 0 aliphatic carbocycles. The normalized spacial score (nSPS) is 10.9. The summed E-state index contributed by atoms with van der Waals surface area (Å²) < 4.78 is 2.63. The molecule has 2 aromatic heterocycles. The molecule has 0 aliphatic heterocycles.